The van der Waals surface area contributed by atoms with Crippen LogP contribution in [0.1, 0.15) is 64.5 Å². The highest BCUT2D eigenvalue weighted by Gasteiger charge is 2.36. The number of benzene rings is 1. The van der Waals surface area contributed by atoms with Crippen molar-refractivity contribution in [3.8, 4) is 0 Å². The maximum atomic E-state index is 13.9. The summed E-state index contributed by atoms with van der Waals surface area (Å²) in [4.78, 5) is 44.6. The quantitative estimate of drug-likeness (QED) is 0.394. The summed E-state index contributed by atoms with van der Waals surface area (Å²) in [6, 6.07) is 9.76. The second-order valence-electron chi connectivity index (χ2n) is 8.49. The fraction of sp³-hybridized carbons (Fsp3) is 0.320. The number of hydrogen-bond acceptors (Lipinski definition) is 7. The van der Waals surface area contributed by atoms with Crippen LogP contribution in [0.5, 0.6) is 0 Å². The first-order valence-corrected chi connectivity index (χ1v) is 12.2. The Morgan fingerprint density at radius 3 is 2.29 bits per heavy atom. The molecule has 2 heterocycles. The predicted octanol–water partition coefficient (Wildman–Crippen LogP) is 3.33. The molecular formula is C25H30N6O3S. The van der Waals surface area contributed by atoms with Crippen LogP contribution in [0.15, 0.2) is 48.8 Å². The average molecular weight is 495 g/mol. The summed E-state index contributed by atoms with van der Waals surface area (Å²) in [6.45, 7) is 6.63. The van der Waals surface area contributed by atoms with Gasteiger partial charge in [-0.25, -0.2) is 0 Å². The van der Waals surface area contributed by atoms with Crippen LogP contribution in [0, 0.1) is 5.92 Å². The van der Waals surface area contributed by atoms with Crippen molar-refractivity contribution in [3.05, 3.63) is 70.5 Å². The maximum Gasteiger partial charge on any atom is 0.273 e. The number of nitrogens with one attached hydrogen (secondary N) is 1. The average Bonchev–Trinajstić information content (AvgIpc) is 3.24. The first kappa shape index (κ1) is 25.8. The van der Waals surface area contributed by atoms with Crippen molar-refractivity contribution >= 4 is 40.6 Å². The van der Waals surface area contributed by atoms with E-state index in [2.05, 4.69) is 28.5 Å². The molecule has 0 unspecified atom stereocenters. The first-order valence-electron chi connectivity index (χ1n) is 11.4. The normalized spacial score (nSPS) is 11.8. The smallest absolute Gasteiger partial charge is 0.273 e. The molecule has 0 spiro atoms. The highest BCUT2D eigenvalue weighted by Crippen LogP contribution is 2.33. The zero-order chi connectivity index (χ0) is 25.5. The van der Waals surface area contributed by atoms with Gasteiger partial charge in [-0.05, 0) is 65.7 Å². The molecule has 35 heavy (non-hydrogen) atoms. The van der Waals surface area contributed by atoms with Crippen LogP contribution < -0.4 is 21.7 Å². The van der Waals surface area contributed by atoms with Crippen molar-refractivity contribution in [1.82, 2.24) is 14.7 Å². The van der Waals surface area contributed by atoms with Gasteiger partial charge in [0.25, 0.3) is 11.8 Å². The number of primary amides is 1. The zero-order valence-corrected chi connectivity index (χ0v) is 20.8. The molecule has 3 amide bonds. The Hall–Kier alpha value is -3.79. The van der Waals surface area contributed by atoms with E-state index in [1.165, 1.54) is 4.90 Å². The fourth-order valence-electron chi connectivity index (χ4n) is 3.56. The van der Waals surface area contributed by atoms with Gasteiger partial charge in [0.2, 0.25) is 5.91 Å². The van der Waals surface area contributed by atoms with Crippen molar-refractivity contribution in [2.75, 3.05) is 17.2 Å². The zero-order valence-electron chi connectivity index (χ0n) is 20.0. The van der Waals surface area contributed by atoms with E-state index in [1.54, 1.807) is 36.7 Å². The number of nitrogen functional groups attached to an aromatic ring is 1. The summed E-state index contributed by atoms with van der Waals surface area (Å²) in [5.74, 6) is -1.33. The summed E-state index contributed by atoms with van der Waals surface area (Å²) < 4.78 is 3.97. The molecule has 0 saturated carbocycles. The van der Waals surface area contributed by atoms with Gasteiger partial charge in [0.1, 0.15) is 10.9 Å². The number of carbonyl (C=O) groups is 3. The van der Waals surface area contributed by atoms with E-state index in [-0.39, 0.29) is 22.2 Å². The third kappa shape index (κ3) is 6.02. The molecule has 3 rings (SSSR count). The fourth-order valence-corrected chi connectivity index (χ4v) is 4.30. The molecule has 0 radical (unpaired) electrons. The molecule has 0 aliphatic rings. The van der Waals surface area contributed by atoms with Crippen LogP contribution in [0.3, 0.4) is 0 Å². The van der Waals surface area contributed by atoms with Gasteiger partial charge < -0.3 is 16.8 Å². The molecule has 10 heteroatoms. The Bertz CT molecular complexity index is 1180. The Labute approximate surface area is 208 Å². The van der Waals surface area contributed by atoms with Crippen molar-refractivity contribution in [2.45, 2.75) is 39.7 Å². The third-order valence-corrected chi connectivity index (χ3v) is 6.40. The highest BCUT2D eigenvalue weighted by atomic mass is 32.1. The molecule has 2 aromatic heterocycles. The van der Waals surface area contributed by atoms with E-state index in [9.17, 15) is 14.4 Å². The number of carbonyl (C=O) groups excluding carboxylic acids is 3. The van der Waals surface area contributed by atoms with Gasteiger partial charge in [0.05, 0.1) is 5.69 Å². The number of hydrogen-bond donors (Lipinski definition) is 3. The molecule has 3 aromatic rings. The topological polar surface area (TPSA) is 144 Å². The standard InChI is InChI=1S/C25H30N6O3S/c1-4-16-5-7-18(8-6-16)31(25(34)22-19(26)20(23(27)32)30-35-22)21(17-10-12-28-13-11-17)24(33)29-14-9-15(2)3/h5-8,10-13,15,21H,4,9,14,26H2,1-3H3,(H2,27,32)(H,29,33)/t21-/m1/s1. The maximum absolute atomic E-state index is 13.9. The lowest BCUT2D eigenvalue weighted by molar-refractivity contribution is -0.122. The van der Waals surface area contributed by atoms with E-state index >= 15 is 0 Å². The van der Waals surface area contributed by atoms with Crippen molar-refractivity contribution in [1.29, 1.82) is 0 Å². The summed E-state index contributed by atoms with van der Waals surface area (Å²) in [5, 5.41) is 2.96. The molecule has 184 valence electrons. The van der Waals surface area contributed by atoms with Gasteiger partial charge >= 0.3 is 0 Å². The minimum absolute atomic E-state index is 0.0346. The van der Waals surface area contributed by atoms with Gasteiger partial charge in [0.15, 0.2) is 5.69 Å². The molecule has 0 fully saturated rings. The number of nitrogens with zero attached hydrogens (tertiary/aromatic N) is 3. The first-order chi connectivity index (χ1) is 16.7. The van der Waals surface area contributed by atoms with E-state index in [1.807, 2.05) is 19.1 Å². The van der Waals surface area contributed by atoms with Gasteiger partial charge in [-0.15, -0.1) is 0 Å². The number of amides is 3. The van der Waals surface area contributed by atoms with Crippen LogP contribution in [0.25, 0.3) is 0 Å². The second-order valence-corrected chi connectivity index (χ2v) is 9.26. The highest BCUT2D eigenvalue weighted by molar-refractivity contribution is 7.09. The molecule has 1 aromatic carbocycles. The van der Waals surface area contributed by atoms with E-state index in [4.69, 9.17) is 11.5 Å². The monoisotopic (exact) mass is 494 g/mol. The SMILES string of the molecule is CCc1ccc(N(C(=O)c2snc(C(N)=O)c2N)[C@@H](C(=O)NCCC(C)C)c2ccncc2)cc1. The number of aromatic nitrogens is 2. The van der Waals surface area contributed by atoms with Gasteiger partial charge in [-0.1, -0.05) is 32.9 Å². The van der Waals surface area contributed by atoms with Gasteiger partial charge in [-0.2, -0.15) is 4.37 Å². The lowest BCUT2D eigenvalue weighted by atomic mass is 10.0. The Morgan fingerprint density at radius 2 is 1.74 bits per heavy atom. The minimum Gasteiger partial charge on any atom is -0.395 e. The molecule has 9 nitrogen and oxygen atoms in total. The summed E-state index contributed by atoms with van der Waals surface area (Å²) in [7, 11) is 0. The Balaban J connectivity index is 2.13. The van der Waals surface area contributed by atoms with Crippen molar-refractivity contribution in [2.24, 2.45) is 11.7 Å². The van der Waals surface area contributed by atoms with E-state index < -0.39 is 17.9 Å². The molecule has 0 bridgehead atoms. The molecule has 1 atom stereocenters. The number of nitrogens with two attached hydrogens (primary N) is 2. The van der Waals surface area contributed by atoms with E-state index in [0.29, 0.717) is 23.7 Å². The van der Waals surface area contributed by atoms with Crippen LogP contribution in [0.4, 0.5) is 11.4 Å². The number of rotatable bonds is 10. The minimum atomic E-state index is -1.01. The van der Waals surface area contributed by atoms with Gasteiger partial charge in [-0.3, -0.25) is 24.3 Å². The summed E-state index contributed by atoms with van der Waals surface area (Å²) in [5.41, 5.74) is 13.3. The van der Waals surface area contributed by atoms with E-state index in [0.717, 1.165) is 29.9 Å². The molecule has 5 N–H and O–H groups in total. The van der Waals surface area contributed by atoms with Crippen LogP contribution in [-0.2, 0) is 11.2 Å². The largest absolute Gasteiger partial charge is 0.395 e. The van der Waals surface area contributed by atoms with Crippen molar-refractivity contribution in [3.63, 3.8) is 0 Å². The second kappa shape index (κ2) is 11.6. The Kier molecular flexibility index (Phi) is 8.53. The molecular weight excluding hydrogens is 464 g/mol. The molecule has 0 saturated heterocycles. The number of aryl methyl sites for hydroxylation is 1. The Morgan fingerprint density at radius 1 is 1.09 bits per heavy atom. The molecule has 0 aliphatic heterocycles. The molecule has 0 aliphatic carbocycles. The predicted molar refractivity (Wildman–Crippen MR) is 137 cm³/mol. The number of pyridine rings is 1. The third-order valence-electron chi connectivity index (χ3n) is 5.55. The number of anilines is 2. The van der Waals surface area contributed by atoms with Crippen LogP contribution in [-0.4, -0.2) is 33.6 Å². The summed E-state index contributed by atoms with van der Waals surface area (Å²) >= 11 is 0.778. The summed E-state index contributed by atoms with van der Waals surface area (Å²) in [6.07, 6.45) is 4.75. The lowest BCUT2D eigenvalue weighted by Gasteiger charge is -2.31. The lowest BCUT2D eigenvalue weighted by Crippen LogP contribution is -2.44. The van der Waals surface area contributed by atoms with Crippen molar-refractivity contribution < 1.29 is 14.4 Å². The van der Waals surface area contributed by atoms with Crippen LogP contribution >= 0.6 is 11.5 Å². The van der Waals surface area contributed by atoms with Crippen LogP contribution in [0.2, 0.25) is 0 Å². The van der Waals surface area contributed by atoms with Gasteiger partial charge in [0, 0.05) is 24.6 Å².